The highest BCUT2D eigenvalue weighted by atomic mass is 32.1. The van der Waals surface area contributed by atoms with E-state index in [1.165, 1.54) is 23.5 Å². The Morgan fingerprint density at radius 1 is 1.18 bits per heavy atom. The van der Waals surface area contributed by atoms with Crippen LogP contribution in [-0.4, -0.2) is 21.9 Å². The standard InChI is InChI=1S/C20H17N5O2S/c1-14(2)23-20-24(22-12-16-5-3-15(11-21)4-6-16)19(13-28-20)17-7-9-18(10-8-17)25(26)27/h3-10,12-14H,1-2H3. The molecule has 0 saturated carbocycles. The van der Waals surface area contributed by atoms with Crippen LogP contribution < -0.4 is 4.80 Å². The van der Waals surface area contributed by atoms with E-state index in [2.05, 4.69) is 16.2 Å². The predicted octanol–water partition coefficient (Wildman–Crippen LogP) is 4.19. The quantitative estimate of drug-likeness (QED) is 0.370. The molecule has 0 N–H and O–H groups in total. The molecule has 0 spiro atoms. The maximum atomic E-state index is 10.9. The van der Waals surface area contributed by atoms with Gasteiger partial charge in [-0.3, -0.25) is 15.1 Å². The summed E-state index contributed by atoms with van der Waals surface area (Å²) < 4.78 is 1.73. The van der Waals surface area contributed by atoms with Gasteiger partial charge in [0.15, 0.2) is 0 Å². The molecule has 0 aliphatic rings. The molecule has 140 valence electrons. The number of nitrogens with zero attached hydrogens (tertiary/aromatic N) is 5. The van der Waals surface area contributed by atoms with Gasteiger partial charge in [0.1, 0.15) is 0 Å². The lowest BCUT2D eigenvalue weighted by molar-refractivity contribution is -0.384. The second kappa shape index (κ2) is 8.41. The zero-order chi connectivity index (χ0) is 20.1. The van der Waals surface area contributed by atoms with Crippen LogP contribution in [0.4, 0.5) is 5.69 Å². The zero-order valence-electron chi connectivity index (χ0n) is 15.3. The van der Waals surface area contributed by atoms with E-state index in [4.69, 9.17) is 5.26 Å². The highest BCUT2D eigenvalue weighted by Gasteiger charge is 2.10. The van der Waals surface area contributed by atoms with Gasteiger partial charge in [0, 0.05) is 29.1 Å². The van der Waals surface area contributed by atoms with Gasteiger partial charge in [-0.15, -0.1) is 11.3 Å². The summed E-state index contributed by atoms with van der Waals surface area (Å²) in [5, 5.41) is 26.3. The van der Waals surface area contributed by atoms with Crippen molar-refractivity contribution < 1.29 is 4.92 Å². The minimum atomic E-state index is -0.423. The van der Waals surface area contributed by atoms with E-state index >= 15 is 0 Å². The molecule has 0 aliphatic carbocycles. The highest BCUT2D eigenvalue weighted by molar-refractivity contribution is 7.07. The van der Waals surface area contributed by atoms with Gasteiger partial charge < -0.3 is 0 Å². The van der Waals surface area contributed by atoms with Gasteiger partial charge in [-0.25, -0.2) is 4.68 Å². The van der Waals surface area contributed by atoms with Crippen LogP contribution in [-0.2, 0) is 0 Å². The van der Waals surface area contributed by atoms with Crippen molar-refractivity contribution in [1.82, 2.24) is 4.68 Å². The predicted molar refractivity (Wildman–Crippen MR) is 109 cm³/mol. The van der Waals surface area contributed by atoms with Crippen LogP contribution in [0.2, 0.25) is 0 Å². The van der Waals surface area contributed by atoms with E-state index in [1.54, 1.807) is 35.2 Å². The normalized spacial score (nSPS) is 11.9. The number of rotatable bonds is 5. The Morgan fingerprint density at radius 2 is 1.86 bits per heavy atom. The van der Waals surface area contributed by atoms with E-state index in [0.29, 0.717) is 5.56 Å². The maximum Gasteiger partial charge on any atom is 0.269 e. The lowest BCUT2D eigenvalue weighted by Crippen LogP contribution is -2.14. The molecule has 1 heterocycles. The number of nitriles is 1. The maximum absolute atomic E-state index is 10.9. The van der Waals surface area contributed by atoms with Gasteiger partial charge in [0.25, 0.3) is 5.69 Å². The van der Waals surface area contributed by atoms with Crippen LogP contribution in [0.1, 0.15) is 25.0 Å². The number of thiazole rings is 1. The van der Waals surface area contributed by atoms with Crippen LogP contribution in [0.15, 0.2) is 64.0 Å². The summed E-state index contributed by atoms with van der Waals surface area (Å²) in [6, 6.07) is 15.6. The first-order valence-corrected chi connectivity index (χ1v) is 9.39. The Kier molecular flexibility index (Phi) is 5.77. The van der Waals surface area contributed by atoms with Crippen molar-refractivity contribution >= 4 is 23.2 Å². The van der Waals surface area contributed by atoms with Gasteiger partial charge in [-0.2, -0.15) is 10.4 Å². The van der Waals surface area contributed by atoms with Crippen molar-refractivity contribution in [2.45, 2.75) is 19.9 Å². The summed E-state index contributed by atoms with van der Waals surface area (Å²) in [6.07, 6.45) is 1.70. The largest absolute Gasteiger partial charge is 0.269 e. The van der Waals surface area contributed by atoms with E-state index in [9.17, 15) is 10.1 Å². The van der Waals surface area contributed by atoms with Gasteiger partial charge >= 0.3 is 0 Å². The lowest BCUT2D eigenvalue weighted by atomic mass is 10.1. The molecule has 0 bridgehead atoms. The first kappa shape index (κ1) is 19.2. The third-order valence-corrected chi connectivity index (χ3v) is 4.62. The third-order valence-electron chi connectivity index (χ3n) is 3.79. The Labute approximate surface area is 165 Å². The van der Waals surface area contributed by atoms with Crippen LogP contribution in [0.5, 0.6) is 0 Å². The molecule has 3 rings (SSSR count). The average molecular weight is 391 g/mol. The van der Waals surface area contributed by atoms with E-state index in [0.717, 1.165) is 21.6 Å². The smallest absolute Gasteiger partial charge is 0.258 e. The van der Waals surface area contributed by atoms with Crippen LogP contribution >= 0.6 is 11.3 Å². The fraction of sp³-hybridized carbons (Fsp3) is 0.150. The first-order valence-electron chi connectivity index (χ1n) is 8.51. The minimum Gasteiger partial charge on any atom is -0.258 e. The molecule has 28 heavy (non-hydrogen) atoms. The molecule has 0 radical (unpaired) electrons. The molecular weight excluding hydrogens is 374 g/mol. The van der Waals surface area contributed by atoms with Gasteiger partial charge in [-0.05, 0) is 43.7 Å². The Balaban J connectivity index is 2.04. The molecular formula is C20H17N5O2S. The fourth-order valence-corrected chi connectivity index (χ4v) is 3.41. The molecule has 7 nitrogen and oxygen atoms in total. The van der Waals surface area contributed by atoms with Crippen LogP contribution in [0.3, 0.4) is 0 Å². The fourth-order valence-electron chi connectivity index (χ4n) is 2.44. The van der Waals surface area contributed by atoms with Gasteiger partial charge in [0.05, 0.1) is 28.5 Å². The summed E-state index contributed by atoms with van der Waals surface area (Å²) in [5.41, 5.74) is 3.08. The second-order valence-electron chi connectivity index (χ2n) is 6.22. The number of benzene rings is 2. The summed E-state index contributed by atoms with van der Waals surface area (Å²) >= 11 is 1.46. The number of nitro benzene ring substituents is 1. The van der Waals surface area contributed by atoms with Crippen molar-refractivity contribution in [3.05, 3.63) is 80.0 Å². The topological polar surface area (TPSA) is 96.6 Å². The summed E-state index contributed by atoms with van der Waals surface area (Å²) in [4.78, 5) is 15.8. The van der Waals surface area contributed by atoms with Crippen LogP contribution in [0, 0.1) is 21.4 Å². The Hall–Kier alpha value is -3.57. The van der Waals surface area contributed by atoms with Crippen molar-refractivity contribution in [3.63, 3.8) is 0 Å². The molecule has 0 aliphatic heterocycles. The van der Waals surface area contributed by atoms with Gasteiger partial charge in [-0.1, -0.05) is 12.1 Å². The van der Waals surface area contributed by atoms with Crippen molar-refractivity contribution in [2.24, 2.45) is 10.1 Å². The van der Waals surface area contributed by atoms with E-state index < -0.39 is 4.92 Å². The number of nitro groups is 1. The number of non-ortho nitro benzene ring substituents is 1. The van der Waals surface area contributed by atoms with Crippen molar-refractivity contribution in [3.8, 4) is 17.3 Å². The molecule has 3 aromatic rings. The highest BCUT2D eigenvalue weighted by Crippen LogP contribution is 2.23. The molecule has 0 amide bonds. The Morgan fingerprint density at radius 3 is 2.43 bits per heavy atom. The molecule has 8 heteroatoms. The molecule has 0 atom stereocenters. The summed E-state index contributed by atoms with van der Waals surface area (Å²) in [6.45, 7) is 3.97. The monoisotopic (exact) mass is 391 g/mol. The lowest BCUT2D eigenvalue weighted by Gasteiger charge is -2.04. The summed E-state index contributed by atoms with van der Waals surface area (Å²) in [7, 11) is 0. The van der Waals surface area contributed by atoms with E-state index in [-0.39, 0.29) is 11.7 Å². The van der Waals surface area contributed by atoms with Crippen LogP contribution in [0.25, 0.3) is 11.3 Å². The zero-order valence-corrected chi connectivity index (χ0v) is 16.1. The molecule has 0 unspecified atom stereocenters. The number of aromatic nitrogens is 1. The number of hydrogen-bond donors (Lipinski definition) is 0. The van der Waals surface area contributed by atoms with E-state index in [1.807, 2.05) is 31.4 Å². The minimum absolute atomic E-state index is 0.0405. The Bertz CT molecular complexity index is 1120. The molecule has 0 fully saturated rings. The summed E-state index contributed by atoms with van der Waals surface area (Å²) in [5.74, 6) is 0. The molecule has 1 aromatic heterocycles. The number of hydrogen-bond acceptors (Lipinski definition) is 6. The molecule has 0 saturated heterocycles. The average Bonchev–Trinajstić information content (AvgIpc) is 3.08. The second-order valence-corrected chi connectivity index (χ2v) is 7.06. The first-order chi connectivity index (χ1) is 13.5. The van der Waals surface area contributed by atoms with Crippen molar-refractivity contribution in [2.75, 3.05) is 0 Å². The third kappa shape index (κ3) is 4.39. The van der Waals surface area contributed by atoms with Crippen molar-refractivity contribution in [1.29, 1.82) is 5.26 Å². The van der Waals surface area contributed by atoms with Gasteiger partial charge in [0.2, 0.25) is 4.80 Å². The SMILES string of the molecule is CC(C)N=c1scc(-c2ccc([N+](=O)[O-])cc2)n1N=Cc1ccc(C#N)cc1. The molecule has 2 aromatic carbocycles.